The molecular formula is C16H17Cl2N7OS. The third-order valence-corrected chi connectivity index (χ3v) is 4.83. The number of carbonyl (C=O) groups is 1. The molecule has 2 N–H and O–H groups in total. The van der Waals surface area contributed by atoms with Crippen LogP contribution in [0.25, 0.3) is 5.69 Å². The van der Waals surface area contributed by atoms with Gasteiger partial charge in [-0.2, -0.15) is 5.10 Å². The summed E-state index contributed by atoms with van der Waals surface area (Å²) < 4.78 is 3.80. The number of hydrogen-bond acceptors (Lipinski definition) is 5. The lowest BCUT2D eigenvalue weighted by Crippen LogP contribution is -2.26. The van der Waals surface area contributed by atoms with Crippen molar-refractivity contribution >= 4 is 41.3 Å². The summed E-state index contributed by atoms with van der Waals surface area (Å²) >= 11 is 17.7. The molecule has 0 unspecified atom stereocenters. The summed E-state index contributed by atoms with van der Waals surface area (Å²) in [6.45, 7) is 4.70. The number of nitrogens with zero attached hydrogens (tertiary/aromatic N) is 5. The van der Waals surface area contributed by atoms with Gasteiger partial charge in [0.2, 0.25) is 5.82 Å². The third-order valence-electron chi connectivity index (χ3n) is 3.90. The van der Waals surface area contributed by atoms with E-state index in [1.54, 1.807) is 22.8 Å². The van der Waals surface area contributed by atoms with E-state index in [2.05, 4.69) is 25.6 Å². The molecule has 0 aliphatic heterocycles. The molecule has 1 aromatic carbocycles. The lowest BCUT2D eigenvalue weighted by Gasteiger charge is -2.08. The lowest BCUT2D eigenvalue weighted by atomic mass is 10.3. The number of nitrogens with one attached hydrogen (secondary N) is 2. The van der Waals surface area contributed by atoms with E-state index >= 15 is 0 Å². The molecule has 2 heterocycles. The van der Waals surface area contributed by atoms with Crippen LogP contribution in [0.5, 0.6) is 0 Å². The zero-order chi connectivity index (χ0) is 19.6. The molecule has 8 nitrogen and oxygen atoms in total. The van der Waals surface area contributed by atoms with Crippen molar-refractivity contribution in [1.82, 2.24) is 34.8 Å². The molecule has 0 aliphatic carbocycles. The average Bonchev–Trinajstić information content (AvgIpc) is 3.23. The fourth-order valence-electron chi connectivity index (χ4n) is 2.59. The van der Waals surface area contributed by atoms with Crippen molar-refractivity contribution in [3.05, 3.63) is 50.5 Å². The highest BCUT2D eigenvalue weighted by atomic mass is 35.5. The SMILES string of the molecule is CCc1nc(C(=O)NCc2n[nH]c(=S)n2CC)nn1-c1c(Cl)cccc1Cl. The minimum atomic E-state index is -0.428. The molecule has 0 saturated heterocycles. The first-order chi connectivity index (χ1) is 13.0. The second-order valence-corrected chi connectivity index (χ2v) is 6.76. The summed E-state index contributed by atoms with van der Waals surface area (Å²) in [5, 5.41) is 14.7. The van der Waals surface area contributed by atoms with Gasteiger partial charge in [0.1, 0.15) is 11.5 Å². The van der Waals surface area contributed by atoms with Crippen molar-refractivity contribution < 1.29 is 4.79 Å². The first kappa shape index (κ1) is 19.5. The van der Waals surface area contributed by atoms with Crippen molar-refractivity contribution in [3.8, 4) is 5.69 Å². The predicted octanol–water partition coefficient (Wildman–Crippen LogP) is 3.34. The summed E-state index contributed by atoms with van der Waals surface area (Å²) in [7, 11) is 0. The number of rotatable bonds is 6. The Morgan fingerprint density at radius 1 is 1.26 bits per heavy atom. The molecule has 11 heteroatoms. The highest BCUT2D eigenvalue weighted by Crippen LogP contribution is 2.28. The Morgan fingerprint density at radius 2 is 1.96 bits per heavy atom. The Balaban J connectivity index is 1.86. The normalized spacial score (nSPS) is 11.0. The van der Waals surface area contributed by atoms with E-state index in [4.69, 9.17) is 35.4 Å². The van der Waals surface area contributed by atoms with E-state index < -0.39 is 5.91 Å². The zero-order valence-electron chi connectivity index (χ0n) is 14.7. The van der Waals surface area contributed by atoms with E-state index in [0.717, 1.165) is 0 Å². The predicted molar refractivity (Wildman–Crippen MR) is 105 cm³/mol. The number of halogens is 2. The van der Waals surface area contributed by atoms with Gasteiger partial charge in [-0.1, -0.05) is 36.2 Å². The van der Waals surface area contributed by atoms with Crippen LogP contribution < -0.4 is 5.32 Å². The van der Waals surface area contributed by atoms with Crippen LogP contribution in [-0.2, 0) is 19.5 Å². The Kier molecular flexibility index (Phi) is 5.93. The van der Waals surface area contributed by atoms with E-state index in [1.165, 1.54) is 4.68 Å². The Morgan fingerprint density at radius 3 is 2.59 bits per heavy atom. The van der Waals surface area contributed by atoms with Gasteiger partial charge in [0.05, 0.1) is 16.6 Å². The minimum Gasteiger partial charge on any atom is -0.342 e. The standard InChI is InChI=1S/C16H17Cl2N7OS/c1-3-11-20-14(23-25(11)13-9(17)6-5-7-10(13)18)15(26)19-8-12-21-22-16(27)24(12)4-2/h5-7H,3-4,8H2,1-2H3,(H,19,26)(H,22,27). The first-order valence-electron chi connectivity index (χ1n) is 8.28. The summed E-state index contributed by atoms with van der Waals surface area (Å²) in [6.07, 6.45) is 0.552. The quantitative estimate of drug-likeness (QED) is 0.590. The largest absolute Gasteiger partial charge is 0.342 e. The maximum Gasteiger partial charge on any atom is 0.291 e. The zero-order valence-corrected chi connectivity index (χ0v) is 17.0. The smallest absolute Gasteiger partial charge is 0.291 e. The second kappa shape index (κ2) is 8.20. The van der Waals surface area contributed by atoms with E-state index in [-0.39, 0.29) is 12.4 Å². The molecule has 3 rings (SSSR count). The number of carbonyl (C=O) groups excluding carboxylic acids is 1. The number of aromatic nitrogens is 6. The summed E-state index contributed by atoms with van der Waals surface area (Å²) in [4.78, 5) is 16.8. The maximum absolute atomic E-state index is 12.5. The summed E-state index contributed by atoms with van der Waals surface area (Å²) in [6, 6.07) is 5.15. The van der Waals surface area contributed by atoms with E-state index in [1.807, 2.05) is 13.8 Å². The molecule has 1 amide bonds. The Labute approximate surface area is 170 Å². The van der Waals surface area contributed by atoms with Gasteiger partial charge >= 0.3 is 0 Å². The van der Waals surface area contributed by atoms with Crippen LogP contribution in [0.3, 0.4) is 0 Å². The van der Waals surface area contributed by atoms with Crippen molar-refractivity contribution in [1.29, 1.82) is 0 Å². The van der Waals surface area contributed by atoms with Crippen LogP contribution in [0.1, 0.15) is 36.1 Å². The number of amides is 1. The van der Waals surface area contributed by atoms with Crippen LogP contribution in [-0.4, -0.2) is 35.4 Å². The monoisotopic (exact) mass is 425 g/mol. The molecule has 0 aliphatic rings. The van der Waals surface area contributed by atoms with Crippen molar-refractivity contribution in [2.45, 2.75) is 33.4 Å². The van der Waals surface area contributed by atoms with Gasteiger partial charge in [-0.15, -0.1) is 5.10 Å². The molecule has 0 bridgehead atoms. The molecule has 3 aromatic rings. The molecule has 0 saturated carbocycles. The number of hydrogen-bond donors (Lipinski definition) is 2. The van der Waals surface area contributed by atoms with E-state index in [9.17, 15) is 4.79 Å². The van der Waals surface area contributed by atoms with Gasteiger partial charge in [0.15, 0.2) is 10.6 Å². The number of aromatic amines is 1. The first-order valence-corrected chi connectivity index (χ1v) is 9.45. The highest BCUT2D eigenvalue weighted by molar-refractivity contribution is 7.71. The Hall–Kier alpha value is -2.23. The van der Waals surface area contributed by atoms with E-state index in [0.29, 0.717) is 45.1 Å². The van der Waals surface area contributed by atoms with Gasteiger partial charge in [-0.05, 0) is 31.3 Å². The summed E-state index contributed by atoms with van der Waals surface area (Å²) in [5.41, 5.74) is 0.496. The van der Waals surface area contributed by atoms with Gasteiger partial charge in [-0.3, -0.25) is 9.89 Å². The van der Waals surface area contributed by atoms with Crippen LogP contribution in [0.15, 0.2) is 18.2 Å². The fourth-order valence-corrected chi connectivity index (χ4v) is 3.43. The van der Waals surface area contributed by atoms with Gasteiger partial charge in [0, 0.05) is 13.0 Å². The number of benzene rings is 1. The summed E-state index contributed by atoms with van der Waals surface area (Å²) in [5.74, 6) is 0.801. The Bertz CT molecular complexity index is 1020. The molecule has 2 aromatic heterocycles. The number of H-pyrrole nitrogens is 1. The highest BCUT2D eigenvalue weighted by Gasteiger charge is 2.20. The lowest BCUT2D eigenvalue weighted by molar-refractivity contribution is 0.0939. The number of aryl methyl sites for hydroxylation is 1. The van der Waals surface area contributed by atoms with Gasteiger partial charge < -0.3 is 9.88 Å². The van der Waals surface area contributed by atoms with Gasteiger partial charge in [-0.25, -0.2) is 9.67 Å². The van der Waals surface area contributed by atoms with Gasteiger partial charge in [0.25, 0.3) is 5.91 Å². The molecular weight excluding hydrogens is 409 g/mol. The van der Waals surface area contributed by atoms with Crippen molar-refractivity contribution in [2.75, 3.05) is 0 Å². The van der Waals surface area contributed by atoms with Crippen LogP contribution in [0.4, 0.5) is 0 Å². The number of para-hydroxylation sites is 1. The van der Waals surface area contributed by atoms with Crippen molar-refractivity contribution in [2.24, 2.45) is 0 Å². The van der Waals surface area contributed by atoms with Crippen LogP contribution in [0.2, 0.25) is 10.0 Å². The minimum absolute atomic E-state index is 0.0278. The van der Waals surface area contributed by atoms with Crippen molar-refractivity contribution in [3.63, 3.8) is 0 Å². The molecule has 142 valence electrons. The third kappa shape index (κ3) is 3.90. The molecule has 0 atom stereocenters. The fraction of sp³-hybridized carbons (Fsp3) is 0.312. The van der Waals surface area contributed by atoms with Crippen LogP contribution >= 0.6 is 35.4 Å². The molecule has 0 radical (unpaired) electrons. The topological polar surface area (TPSA) is 93.4 Å². The maximum atomic E-state index is 12.5. The second-order valence-electron chi connectivity index (χ2n) is 5.56. The molecule has 0 spiro atoms. The average molecular weight is 426 g/mol. The molecule has 27 heavy (non-hydrogen) atoms. The molecule has 0 fully saturated rings. The van der Waals surface area contributed by atoms with Crippen LogP contribution in [0, 0.1) is 4.77 Å².